The van der Waals surface area contributed by atoms with Crippen molar-refractivity contribution >= 4 is 12.0 Å². The molecule has 0 radical (unpaired) electrons. The number of ether oxygens (including phenoxy) is 1. The highest BCUT2D eigenvalue weighted by atomic mass is 16.5. The zero-order chi connectivity index (χ0) is 15.1. The molecule has 0 aromatic carbocycles. The van der Waals surface area contributed by atoms with Gasteiger partial charge in [-0.25, -0.2) is 9.59 Å². The Hall–Kier alpha value is -1.30. The van der Waals surface area contributed by atoms with Crippen LogP contribution in [-0.2, 0) is 9.53 Å². The van der Waals surface area contributed by atoms with Gasteiger partial charge < -0.3 is 20.5 Å². The van der Waals surface area contributed by atoms with Gasteiger partial charge in [-0.2, -0.15) is 0 Å². The minimum Gasteiger partial charge on any atom is -0.480 e. The first-order chi connectivity index (χ1) is 9.21. The van der Waals surface area contributed by atoms with E-state index in [0.29, 0.717) is 0 Å². The maximum atomic E-state index is 12.1. The largest absolute Gasteiger partial charge is 0.480 e. The minimum absolute atomic E-state index is 0.00435. The smallest absolute Gasteiger partial charge is 0.329 e. The molecule has 0 bridgehead atoms. The van der Waals surface area contributed by atoms with Crippen LogP contribution in [0, 0.1) is 11.3 Å². The van der Waals surface area contributed by atoms with Crippen LogP contribution >= 0.6 is 0 Å². The number of nitrogens with one attached hydrogen (secondary N) is 2. The molecule has 0 spiro atoms. The Kier molecular flexibility index (Phi) is 3.71. The molecule has 3 unspecified atom stereocenters. The number of urea groups is 1. The van der Waals surface area contributed by atoms with Crippen molar-refractivity contribution in [3.63, 3.8) is 0 Å². The summed E-state index contributed by atoms with van der Waals surface area (Å²) in [6.45, 7) is 5.65. The molecule has 2 fully saturated rings. The zero-order valence-electron chi connectivity index (χ0n) is 12.5. The van der Waals surface area contributed by atoms with Gasteiger partial charge in [0.05, 0.1) is 6.10 Å². The molecule has 3 atom stereocenters. The maximum Gasteiger partial charge on any atom is 0.329 e. The Bertz CT molecular complexity index is 419. The van der Waals surface area contributed by atoms with E-state index in [9.17, 15) is 14.7 Å². The number of aliphatic carboxylic acids is 1. The quantitative estimate of drug-likeness (QED) is 0.711. The number of rotatable bonds is 5. The van der Waals surface area contributed by atoms with Crippen LogP contribution in [-0.4, -0.2) is 41.9 Å². The Labute approximate surface area is 119 Å². The third-order valence-corrected chi connectivity index (χ3v) is 4.98. The van der Waals surface area contributed by atoms with Gasteiger partial charge in [0, 0.05) is 18.6 Å². The lowest BCUT2D eigenvalue weighted by molar-refractivity contribution is -0.144. The number of methoxy groups -OCH3 is 1. The standard InChI is InChI=1S/C14H24N2O4/c1-13(2)9(7-10(13)20-4)15-12(19)16-14(3,11(17)18)8-5-6-8/h8-10H,5-7H2,1-4H3,(H,17,18)(H2,15,16,19). The molecule has 0 aromatic heterocycles. The van der Waals surface area contributed by atoms with Crippen LogP contribution in [0.5, 0.6) is 0 Å². The molecule has 2 aliphatic rings. The van der Waals surface area contributed by atoms with Crippen molar-refractivity contribution in [2.45, 2.75) is 57.7 Å². The van der Waals surface area contributed by atoms with Gasteiger partial charge in [0.2, 0.25) is 0 Å². The molecule has 2 aliphatic carbocycles. The van der Waals surface area contributed by atoms with E-state index in [4.69, 9.17) is 4.74 Å². The van der Waals surface area contributed by atoms with Gasteiger partial charge in [-0.1, -0.05) is 13.8 Å². The lowest BCUT2D eigenvalue weighted by Crippen LogP contribution is -2.65. The van der Waals surface area contributed by atoms with Crippen molar-refractivity contribution in [2.24, 2.45) is 11.3 Å². The van der Waals surface area contributed by atoms with Crippen molar-refractivity contribution in [1.29, 1.82) is 0 Å². The molecule has 0 aromatic rings. The molecule has 2 saturated carbocycles. The van der Waals surface area contributed by atoms with Crippen LogP contribution in [0.3, 0.4) is 0 Å². The van der Waals surface area contributed by atoms with Crippen molar-refractivity contribution in [3.05, 3.63) is 0 Å². The van der Waals surface area contributed by atoms with E-state index in [1.54, 1.807) is 14.0 Å². The fraction of sp³-hybridized carbons (Fsp3) is 0.857. The first kappa shape index (κ1) is 15.1. The molecule has 20 heavy (non-hydrogen) atoms. The molecule has 2 rings (SSSR count). The summed E-state index contributed by atoms with van der Waals surface area (Å²) in [7, 11) is 1.66. The predicted octanol–water partition coefficient (Wildman–Crippen LogP) is 1.35. The Morgan fingerprint density at radius 2 is 1.95 bits per heavy atom. The van der Waals surface area contributed by atoms with Crippen molar-refractivity contribution in [3.8, 4) is 0 Å². The summed E-state index contributed by atoms with van der Waals surface area (Å²) >= 11 is 0. The molecule has 0 aliphatic heterocycles. The third kappa shape index (κ3) is 2.49. The van der Waals surface area contributed by atoms with Gasteiger partial charge in [0.25, 0.3) is 0 Å². The molecular weight excluding hydrogens is 260 g/mol. The highest BCUT2D eigenvalue weighted by Crippen LogP contribution is 2.43. The average molecular weight is 284 g/mol. The maximum absolute atomic E-state index is 12.1. The Morgan fingerprint density at radius 1 is 1.35 bits per heavy atom. The number of hydrogen-bond donors (Lipinski definition) is 3. The second kappa shape index (κ2) is 4.91. The summed E-state index contributed by atoms with van der Waals surface area (Å²) in [5.41, 5.74) is -1.30. The number of carboxylic acids is 1. The number of carboxylic acid groups (broad SMARTS) is 1. The molecule has 0 heterocycles. The van der Waals surface area contributed by atoms with Crippen LogP contribution < -0.4 is 10.6 Å². The van der Waals surface area contributed by atoms with Gasteiger partial charge in [0.1, 0.15) is 5.54 Å². The van der Waals surface area contributed by atoms with Crippen LogP contribution in [0.25, 0.3) is 0 Å². The van der Waals surface area contributed by atoms with E-state index in [0.717, 1.165) is 19.3 Å². The highest BCUT2D eigenvalue weighted by Gasteiger charge is 2.51. The summed E-state index contributed by atoms with van der Waals surface area (Å²) in [4.78, 5) is 23.4. The Balaban J connectivity index is 1.92. The van der Waals surface area contributed by atoms with Crippen molar-refractivity contribution < 1.29 is 19.4 Å². The topological polar surface area (TPSA) is 87.7 Å². The van der Waals surface area contributed by atoms with Crippen LogP contribution in [0.2, 0.25) is 0 Å². The SMILES string of the molecule is COC1CC(NC(=O)NC(C)(C(=O)O)C2CC2)C1(C)C. The fourth-order valence-electron chi connectivity index (χ4n) is 2.95. The summed E-state index contributed by atoms with van der Waals surface area (Å²) in [5.74, 6) is -0.940. The average Bonchev–Trinajstić information content (AvgIpc) is 3.17. The van der Waals surface area contributed by atoms with E-state index in [1.807, 2.05) is 13.8 Å². The number of carbonyl (C=O) groups excluding carboxylic acids is 1. The fourth-order valence-corrected chi connectivity index (χ4v) is 2.95. The molecular formula is C14H24N2O4. The minimum atomic E-state index is -1.17. The molecule has 3 N–H and O–H groups in total. The summed E-state index contributed by atoms with van der Waals surface area (Å²) in [6, 6.07) is -0.404. The summed E-state index contributed by atoms with van der Waals surface area (Å²) in [6.07, 6.45) is 2.58. The van der Waals surface area contributed by atoms with Crippen LogP contribution in [0.4, 0.5) is 4.79 Å². The number of carbonyl (C=O) groups is 2. The first-order valence-corrected chi connectivity index (χ1v) is 7.06. The van der Waals surface area contributed by atoms with Crippen molar-refractivity contribution in [2.75, 3.05) is 7.11 Å². The summed E-state index contributed by atoms with van der Waals surface area (Å²) in [5, 5.41) is 14.8. The van der Waals surface area contributed by atoms with Crippen LogP contribution in [0.15, 0.2) is 0 Å². The molecule has 0 saturated heterocycles. The van der Waals surface area contributed by atoms with Gasteiger partial charge in [-0.05, 0) is 32.1 Å². The Morgan fingerprint density at radius 3 is 2.35 bits per heavy atom. The lowest BCUT2D eigenvalue weighted by Gasteiger charge is -2.51. The first-order valence-electron chi connectivity index (χ1n) is 7.06. The lowest BCUT2D eigenvalue weighted by atomic mass is 9.64. The second-order valence-corrected chi connectivity index (χ2v) is 6.71. The highest BCUT2D eigenvalue weighted by molar-refractivity contribution is 5.86. The van der Waals surface area contributed by atoms with E-state index in [2.05, 4.69) is 10.6 Å². The van der Waals surface area contributed by atoms with Gasteiger partial charge in [0.15, 0.2) is 0 Å². The third-order valence-electron chi connectivity index (χ3n) is 4.98. The molecule has 6 nitrogen and oxygen atoms in total. The monoisotopic (exact) mass is 284 g/mol. The van der Waals surface area contributed by atoms with Gasteiger partial charge in [-0.3, -0.25) is 0 Å². The zero-order valence-corrected chi connectivity index (χ0v) is 12.5. The summed E-state index contributed by atoms with van der Waals surface area (Å²) < 4.78 is 5.33. The van der Waals surface area contributed by atoms with Gasteiger partial charge in [-0.15, -0.1) is 0 Å². The normalized spacial score (nSPS) is 30.8. The molecule has 114 valence electrons. The van der Waals surface area contributed by atoms with Gasteiger partial charge >= 0.3 is 12.0 Å². The van der Waals surface area contributed by atoms with E-state index in [-0.39, 0.29) is 23.5 Å². The number of hydrogen-bond acceptors (Lipinski definition) is 3. The van der Waals surface area contributed by atoms with Crippen LogP contribution in [0.1, 0.15) is 40.0 Å². The van der Waals surface area contributed by atoms with E-state index >= 15 is 0 Å². The molecule has 2 amide bonds. The molecule has 6 heteroatoms. The van der Waals surface area contributed by atoms with Crippen molar-refractivity contribution in [1.82, 2.24) is 10.6 Å². The van der Waals surface area contributed by atoms with E-state index in [1.165, 1.54) is 0 Å². The predicted molar refractivity (Wildman–Crippen MR) is 73.4 cm³/mol. The second-order valence-electron chi connectivity index (χ2n) is 6.71. The van der Waals surface area contributed by atoms with E-state index < -0.39 is 17.5 Å². The number of amides is 2.